The summed E-state index contributed by atoms with van der Waals surface area (Å²) >= 11 is 5.86. The fourth-order valence-corrected chi connectivity index (χ4v) is 2.20. The highest BCUT2D eigenvalue weighted by Gasteiger charge is 2.22. The second-order valence-electron chi connectivity index (χ2n) is 5.86. The number of carbonyl (C=O) groups is 2. The summed E-state index contributed by atoms with van der Waals surface area (Å²) in [5.41, 5.74) is 0.574. The quantitative estimate of drug-likeness (QED) is 0.719. The Hall–Kier alpha value is -1.55. The standard InChI is InChI=1S/C17H24ClNO3/c1-12(2)9-10-19(11-13(3)17(21)22-4)16(20)14-5-7-15(18)8-6-14/h5-8,12-13H,9-11H2,1-4H3. The van der Waals surface area contributed by atoms with Gasteiger partial charge in [0.25, 0.3) is 5.91 Å². The van der Waals surface area contributed by atoms with Crippen molar-refractivity contribution in [3.05, 3.63) is 34.9 Å². The van der Waals surface area contributed by atoms with Crippen LogP contribution in [0.3, 0.4) is 0 Å². The van der Waals surface area contributed by atoms with Crippen LogP contribution < -0.4 is 0 Å². The molecule has 0 heterocycles. The van der Waals surface area contributed by atoms with E-state index >= 15 is 0 Å². The van der Waals surface area contributed by atoms with Crippen LogP contribution in [0.5, 0.6) is 0 Å². The Morgan fingerprint density at radius 2 is 1.77 bits per heavy atom. The molecule has 0 aliphatic heterocycles. The van der Waals surface area contributed by atoms with Crippen molar-refractivity contribution in [3.63, 3.8) is 0 Å². The van der Waals surface area contributed by atoms with Crippen LogP contribution in [0, 0.1) is 11.8 Å². The molecule has 22 heavy (non-hydrogen) atoms. The number of hydrogen-bond acceptors (Lipinski definition) is 3. The molecule has 1 atom stereocenters. The zero-order valence-corrected chi connectivity index (χ0v) is 14.4. The number of amides is 1. The highest BCUT2D eigenvalue weighted by Crippen LogP contribution is 2.14. The number of rotatable bonds is 7. The minimum atomic E-state index is -0.353. The molecule has 0 aromatic heterocycles. The van der Waals surface area contributed by atoms with Crippen molar-refractivity contribution in [1.82, 2.24) is 4.90 Å². The van der Waals surface area contributed by atoms with E-state index in [1.807, 2.05) is 0 Å². The van der Waals surface area contributed by atoms with Crippen molar-refractivity contribution in [2.75, 3.05) is 20.2 Å². The molecule has 0 radical (unpaired) electrons. The molecule has 1 rings (SSSR count). The van der Waals surface area contributed by atoms with E-state index in [9.17, 15) is 9.59 Å². The molecular weight excluding hydrogens is 302 g/mol. The number of carbonyl (C=O) groups excluding carboxylic acids is 2. The third-order valence-corrected chi connectivity index (χ3v) is 3.70. The summed E-state index contributed by atoms with van der Waals surface area (Å²) in [5, 5.41) is 0.591. The number of halogens is 1. The average Bonchev–Trinajstić information content (AvgIpc) is 2.50. The van der Waals surface area contributed by atoms with Crippen molar-refractivity contribution >= 4 is 23.5 Å². The van der Waals surface area contributed by atoms with Gasteiger partial charge >= 0.3 is 5.97 Å². The first kappa shape index (κ1) is 18.5. The first-order chi connectivity index (χ1) is 10.3. The van der Waals surface area contributed by atoms with Crippen LogP contribution in [-0.4, -0.2) is 37.0 Å². The Morgan fingerprint density at radius 3 is 2.27 bits per heavy atom. The number of benzene rings is 1. The fraction of sp³-hybridized carbons (Fsp3) is 0.529. The fourth-order valence-electron chi connectivity index (χ4n) is 2.07. The van der Waals surface area contributed by atoms with Gasteiger partial charge in [-0.25, -0.2) is 0 Å². The van der Waals surface area contributed by atoms with Gasteiger partial charge in [-0.3, -0.25) is 9.59 Å². The molecule has 0 aliphatic carbocycles. The van der Waals surface area contributed by atoms with Crippen LogP contribution in [0.1, 0.15) is 37.6 Å². The molecule has 1 unspecified atom stereocenters. The molecular formula is C17H24ClNO3. The second kappa shape index (κ2) is 8.79. The summed E-state index contributed by atoms with van der Waals surface area (Å²) in [6, 6.07) is 6.80. The second-order valence-corrected chi connectivity index (χ2v) is 6.30. The zero-order valence-electron chi connectivity index (χ0n) is 13.6. The Balaban J connectivity index is 2.85. The smallest absolute Gasteiger partial charge is 0.310 e. The van der Waals surface area contributed by atoms with Gasteiger partial charge in [0, 0.05) is 23.7 Å². The summed E-state index contributed by atoms with van der Waals surface area (Å²) in [5.74, 6) is -0.270. The molecule has 0 spiro atoms. The van der Waals surface area contributed by atoms with Crippen LogP contribution in [0.15, 0.2) is 24.3 Å². The third-order valence-electron chi connectivity index (χ3n) is 3.45. The third kappa shape index (κ3) is 5.68. The van der Waals surface area contributed by atoms with E-state index in [0.29, 0.717) is 29.6 Å². The lowest BCUT2D eigenvalue weighted by molar-refractivity contribution is -0.145. The molecule has 1 aromatic carbocycles. The summed E-state index contributed by atoms with van der Waals surface area (Å²) in [6.45, 7) is 6.94. The molecule has 0 aliphatic rings. The SMILES string of the molecule is COC(=O)C(C)CN(CCC(C)C)C(=O)c1ccc(Cl)cc1. The molecule has 0 fully saturated rings. The molecule has 1 aromatic rings. The molecule has 1 amide bonds. The number of ether oxygens (including phenoxy) is 1. The number of hydrogen-bond donors (Lipinski definition) is 0. The first-order valence-electron chi connectivity index (χ1n) is 7.47. The highest BCUT2D eigenvalue weighted by atomic mass is 35.5. The van der Waals surface area contributed by atoms with Crippen molar-refractivity contribution < 1.29 is 14.3 Å². The molecule has 5 heteroatoms. The van der Waals surface area contributed by atoms with Gasteiger partial charge in [-0.1, -0.05) is 32.4 Å². The minimum absolute atomic E-state index is 0.0898. The zero-order chi connectivity index (χ0) is 16.7. The maximum Gasteiger partial charge on any atom is 0.310 e. The normalized spacial score (nSPS) is 12.1. The summed E-state index contributed by atoms with van der Waals surface area (Å²) in [6.07, 6.45) is 0.882. The van der Waals surface area contributed by atoms with Gasteiger partial charge in [-0.2, -0.15) is 0 Å². The predicted molar refractivity (Wildman–Crippen MR) is 88.0 cm³/mol. The topological polar surface area (TPSA) is 46.6 Å². The molecule has 0 bridgehead atoms. The maximum atomic E-state index is 12.6. The largest absolute Gasteiger partial charge is 0.469 e. The van der Waals surface area contributed by atoms with Crippen molar-refractivity contribution in [2.24, 2.45) is 11.8 Å². The van der Waals surface area contributed by atoms with Gasteiger partial charge in [0.05, 0.1) is 13.0 Å². The van der Waals surface area contributed by atoms with E-state index in [1.165, 1.54) is 7.11 Å². The van der Waals surface area contributed by atoms with E-state index in [4.69, 9.17) is 16.3 Å². The predicted octanol–water partition coefficient (Wildman–Crippen LogP) is 3.64. The maximum absolute atomic E-state index is 12.6. The summed E-state index contributed by atoms with van der Waals surface area (Å²) in [4.78, 5) is 26.0. The number of methoxy groups -OCH3 is 1. The molecule has 122 valence electrons. The van der Waals surface area contributed by atoms with Crippen LogP contribution in [0.2, 0.25) is 5.02 Å². The first-order valence-corrected chi connectivity index (χ1v) is 7.85. The van der Waals surface area contributed by atoms with E-state index < -0.39 is 0 Å². The lowest BCUT2D eigenvalue weighted by atomic mass is 10.1. The van der Waals surface area contributed by atoms with E-state index in [1.54, 1.807) is 36.1 Å². The lowest BCUT2D eigenvalue weighted by Gasteiger charge is -2.26. The molecule has 0 saturated carbocycles. The Morgan fingerprint density at radius 1 is 1.18 bits per heavy atom. The van der Waals surface area contributed by atoms with Gasteiger partial charge < -0.3 is 9.64 Å². The van der Waals surface area contributed by atoms with Gasteiger partial charge in [0.15, 0.2) is 0 Å². The highest BCUT2D eigenvalue weighted by molar-refractivity contribution is 6.30. The van der Waals surface area contributed by atoms with E-state index in [0.717, 1.165) is 6.42 Å². The molecule has 0 N–H and O–H groups in total. The van der Waals surface area contributed by atoms with Gasteiger partial charge in [0.2, 0.25) is 0 Å². The van der Waals surface area contributed by atoms with Gasteiger partial charge in [-0.15, -0.1) is 0 Å². The number of esters is 1. The minimum Gasteiger partial charge on any atom is -0.469 e. The molecule has 4 nitrogen and oxygen atoms in total. The van der Waals surface area contributed by atoms with Crippen molar-refractivity contribution in [3.8, 4) is 0 Å². The average molecular weight is 326 g/mol. The van der Waals surface area contributed by atoms with Crippen LogP contribution >= 0.6 is 11.6 Å². The van der Waals surface area contributed by atoms with Crippen molar-refractivity contribution in [2.45, 2.75) is 27.2 Å². The van der Waals surface area contributed by atoms with Crippen LogP contribution in [0.4, 0.5) is 0 Å². The van der Waals surface area contributed by atoms with Crippen LogP contribution in [-0.2, 0) is 9.53 Å². The van der Waals surface area contributed by atoms with E-state index in [-0.39, 0.29) is 17.8 Å². The lowest BCUT2D eigenvalue weighted by Crippen LogP contribution is -2.38. The monoisotopic (exact) mass is 325 g/mol. The number of nitrogens with zero attached hydrogens (tertiary/aromatic N) is 1. The Bertz CT molecular complexity index is 499. The summed E-state index contributed by atoms with van der Waals surface area (Å²) in [7, 11) is 1.36. The van der Waals surface area contributed by atoms with Crippen LogP contribution in [0.25, 0.3) is 0 Å². The summed E-state index contributed by atoms with van der Waals surface area (Å²) < 4.78 is 4.75. The van der Waals surface area contributed by atoms with Crippen molar-refractivity contribution in [1.29, 1.82) is 0 Å². The van der Waals surface area contributed by atoms with E-state index in [2.05, 4.69) is 13.8 Å². The van der Waals surface area contributed by atoms with Gasteiger partial charge in [-0.05, 0) is 36.6 Å². The van der Waals surface area contributed by atoms with Gasteiger partial charge in [0.1, 0.15) is 0 Å². The molecule has 0 saturated heterocycles. The Kier molecular flexibility index (Phi) is 7.39. The Labute approximate surface area is 137 Å².